The third-order valence-corrected chi connectivity index (χ3v) is 3.63. The second kappa shape index (κ2) is 7.71. The molecule has 0 spiro atoms. The highest BCUT2D eigenvalue weighted by atomic mass is 32.2. The van der Waals surface area contributed by atoms with Crippen LogP contribution in [-0.2, 0) is 13.1 Å². The average Bonchev–Trinajstić information content (AvgIpc) is 2.67. The van der Waals surface area contributed by atoms with Crippen molar-refractivity contribution >= 4 is 11.8 Å². The molecule has 0 saturated carbocycles. The molecule has 0 atom stereocenters. The highest BCUT2D eigenvalue weighted by Crippen LogP contribution is 2.19. The van der Waals surface area contributed by atoms with E-state index in [0.29, 0.717) is 6.54 Å². The molecule has 5 heteroatoms. The molecule has 4 nitrogen and oxygen atoms in total. The summed E-state index contributed by atoms with van der Waals surface area (Å²) in [6, 6.07) is 0. The van der Waals surface area contributed by atoms with Crippen LogP contribution in [0, 0.1) is 5.92 Å². The van der Waals surface area contributed by atoms with E-state index in [1.165, 1.54) is 12.8 Å². The highest BCUT2D eigenvalue weighted by Gasteiger charge is 2.10. The van der Waals surface area contributed by atoms with E-state index in [1.54, 1.807) is 11.8 Å². The molecule has 1 rings (SSSR count). The minimum absolute atomic E-state index is 0.472. The first-order valence-electron chi connectivity index (χ1n) is 6.44. The van der Waals surface area contributed by atoms with E-state index >= 15 is 0 Å². The van der Waals surface area contributed by atoms with Crippen LogP contribution < -0.4 is 5.73 Å². The summed E-state index contributed by atoms with van der Waals surface area (Å²) in [5.41, 5.74) is 5.66. The van der Waals surface area contributed by atoms with Gasteiger partial charge in [0, 0.05) is 12.3 Å². The third kappa shape index (κ3) is 4.68. The minimum atomic E-state index is 0.472. The number of thioether (sulfide) groups is 1. The number of aromatic nitrogens is 3. The van der Waals surface area contributed by atoms with Crippen LogP contribution in [0.4, 0.5) is 0 Å². The zero-order chi connectivity index (χ0) is 12.7. The molecule has 1 heterocycles. The monoisotopic (exact) mass is 256 g/mol. The molecule has 0 aliphatic carbocycles. The Labute approximate surface area is 108 Å². The molecule has 17 heavy (non-hydrogen) atoms. The van der Waals surface area contributed by atoms with E-state index in [-0.39, 0.29) is 0 Å². The third-order valence-electron chi connectivity index (χ3n) is 2.58. The lowest BCUT2D eigenvalue weighted by Gasteiger charge is -2.08. The maximum atomic E-state index is 5.66. The van der Waals surface area contributed by atoms with Gasteiger partial charge in [-0.05, 0) is 18.8 Å². The van der Waals surface area contributed by atoms with E-state index in [4.69, 9.17) is 5.73 Å². The summed E-state index contributed by atoms with van der Waals surface area (Å²) in [5.74, 6) is 2.80. The second-order valence-electron chi connectivity index (χ2n) is 4.64. The van der Waals surface area contributed by atoms with E-state index in [2.05, 4.69) is 35.5 Å². The lowest BCUT2D eigenvalue weighted by molar-refractivity contribution is 0.576. The first kappa shape index (κ1) is 14.5. The Bertz CT molecular complexity index is 322. The van der Waals surface area contributed by atoms with Crippen LogP contribution in [0.2, 0.25) is 0 Å². The zero-order valence-corrected chi connectivity index (χ0v) is 12.0. The van der Waals surface area contributed by atoms with Crippen molar-refractivity contribution in [1.82, 2.24) is 14.8 Å². The summed E-state index contributed by atoms with van der Waals surface area (Å²) in [6.07, 6.45) is 3.60. The van der Waals surface area contributed by atoms with Gasteiger partial charge in [-0.3, -0.25) is 0 Å². The fourth-order valence-electron chi connectivity index (χ4n) is 1.68. The summed E-state index contributed by atoms with van der Waals surface area (Å²) in [4.78, 5) is 0. The van der Waals surface area contributed by atoms with Gasteiger partial charge in [-0.15, -0.1) is 10.2 Å². The Hall–Kier alpha value is -0.550. The Morgan fingerprint density at radius 1 is 1.35 bits per heavy atom. The summed E-state index contributed by atoms with van der Waals surface area (Å²) < 4.78 is 2.15. The van der Waals surface area contributed by atoms with Gasteiger partial charge in [0.05, 0.1) is 6.54 Å². The molecule has 98 valence electrons. The maximum absolute atomic E-state index is 5.66. The van der Waals surface area contributed by atoms with Crippen molar-refractivity contribution in [1.29, 1.82) is 0 Å². The van der Waals surface area contributed by atoms with Crippen molar-refractivity contribution in [2.45, 2.75) is 58.3 Å². The van der Waals surface area contributed by atoms with Gasteiger partial charge in [0.25, 0.3) is 0 Å². The van der Waals surface area contributed by atoms with Crippen molar-refractivity contribution in [2.75, 3.05) is 5.75 Å². The van der Waals surface area contributed by atoms with E-state index in [9.17, 15) is 0 Å². The van der Waals surface area contributed by atoms with E-state index in [0.717, 1.165) is 35.6 Å². The molecule has 0 aromatic carbocycles. The molecule has 0 bridgehead atoms. The van der Waals surface area contributed by atoms with Gasteiger partial charge < -0.3 is 10.3 Å². The Morgan fingerprint density at radius 3 is 2.71 bits per heavy atom. The van der Waals surface area contributed by atoms with E-state index in [1.807, 2.05) is 0 Å². The van der Waals surface area contributed by atoms with Crippen molar-refractivity contribution in [3.05, 3.63) is 5.82 Å². The molecular weight excluding hydrogens is 232 g/mol. The predicted octanol–water partition coefficient (Wildman–Crippen LogP) is 2.68. The fourth-order valence-corrected chi connectivity index (χ4v) is 2.62. The number of hydrogen-bond donors (Lipinski definition) is 1. The summed E-state index contributed by atoms with van der Waals surface area (Å²) in [6.45, 7) is 8.12. The first-order chi connectivity index (χ1) is 8.19. The molecule has 0 amide bonds. The number of nitrogens with two attached hydrogens (primary N) is 1. The fraction of sp³-hybridized carbons (Fsp3) is 0.833. The molecule has 0 aliphatic rings. The smallest absolute Gasteiger partial charge is 0.191 e. The largest absolute Gasteiger partial charge is 0.324 e. The molecule has 1 aromatic rings. The van der Waals surface area contributed by atoms with Crippen LogP contribution in [0.3, 0.4) is 0 Å². The van der Waals surface area contributed by atoms with Gasteiger partial charge in [-0.2, -0.15) is 0 Å². The Balaban J connectivity index is 2.49. The van der Waals surface area contributed by atoms with Crippen LogP contribution >= 0.6 is 11.8 Å². The molecule has 2 N–H and O–H groups in total. The van der Waals surface area contributed by atoms with Crippen LogP contribution in [0.5, 0.6) is 0 Å². The van der Waals surface area contributed by atoms with Crippen molar-refractivity contribution in [2.24, 2.45) is 11.7 Å². The average molecular weight is 256 g/mol. The molecule has 0 aliphatic heterocycles. The summed E-state index contributed by atoms with van der Waals surface area (Å²) >= 11 is 1.80. The van der Waals surface area contributed by atoms with Crippen molar-refractivity contribution in [3.8, 4) is 0 Å². The number of rotatable bonds is 8. The Morgan fingerprint density at radius 2 is 2.12 bits per heavy atom. The van der Waals surface area contributed by atoms with Crippen LogP contribution in [0.15, 0.2) is 5.16 Å². The maximum Gasteiger partial charge on any atom is 0.191 e. The van der Waals surface area contributed by atoms with Gasteiger partial charge in [-0.25, -0.2) is 0 Å². The zero-order valence-electron chi connectivity index (χ0n) is 11.1. The molecule has 0 saturated heterocycles. The lowest BCUT2D eigenvalue weighted by atomic mass is 10.1. The lowest BCUT2D eigenvalue weighted by Crippen LogP contribution is -2.09. The first-order valence-corrected chi connectivity index (χ1v) is 7.42. The highest BCUT2D eigenvalue weighted by molar-refractivity contribution is 7.99. The second-order valence-corrected chi connectivity index (χ2v) is 5.70. The van der Waals surface area contributed by atoms with Crippen molar-refractivity contribution in [3.63, 3.8) is 0 Å². The molecule has 1 aromatic heterocycles. The molecule has 0 radical (unpaired) electrons. The standard InChI is InChI=1S/C12H24N4S/c1-4-7-16-11(9-13)14-15-12(16)17-8-5-6-10(2)3/h10H,4-9,13H2,1-3H3. The van der Waals surface area contributed by atoms with Gasteiger partial charge in [0.2, 0.25) is 0 Å². The van der Waals surface area contributed by atoms with E-state index < -0.39 is 0 Å². The normalized spacial score (nSPS) is 11.4. The quantitative estimate of drug-likeness (QED) is 0.574. The van der Waals surface area contributed by atoms with Crippen LogP contribution in [0.25, 0.3) is 0 Å². The van der Waals surface area contributed by atoms with Gasteiger partial charge in [0.15, 0.2) is 5.16 Å². The number of hydrogen-bond acceptors (Lipinski definition) is 4. The van der Waals surface area contributed by atoms with Crippen LogP contribution in [-0.4, -0.2) is 20.5 Å². The predicted molar refractivity (Wildman–Crippen MR) is 73.0 cm³/mol. The minimum Gasteiger partial charge on any atom is -0.324 e. The van der Waals surface area contributed by atoms with Gasteiger partial charge >= 0.3 is 0 Å². The van der Waals surface area contributed by atoms with Gasteiger partial charge in [0.1, 0.15) is 5.82 Å². The number of nitrogens with zero attached hydrogens (tertiary/aromatic N) is 3. The molecule has 0 fully saturated rings. The SMILES string of the molecule is CCCn1c(CN)nnc1SCCCC(C)C. The summed E-state index contributed by atoms with van der Waals surface area (Å²) in [7, 11) is 0. The molecular formula is C12H24N4S. The molecule has 0 unspecified atom stereocenters. The van der Waals surface area contributed by atoms with Crippen molar-refractivity contribution < 1.29 is 0 Å². The topological polar surface area (TPSA) is 56.7 Å². The Kier molecular flexibility index (Phi) is 6.58. The summed E-state index contributed by atoms with van der Waals surface area (Å²) in [5, 5.41) is 9.38. The van der Waals surface area contributed by atoms with Crippen LogP contribution in [0.1, 0.15) is 45.9 Å². The van der Waals surface area contributed by atoms with Gasteiger partial charge in [-0.1, -0.05) is 39.0 Å².